The zero-order valence-corrected chi connectivity index (χ0v) is 49.6. The molecule has 3 N–H and O–H groups in total. The Morgan fingerprint density at radius 3 is 1.22 bits per heavy atom. The number of aliphatic carboxylic acids is 1. The second-order valence-electron chi connectivity index (χ2n) is 20.9. The standard InChI is InChI=1S/C67H110O12/c1-4-7-10-13-16-19-22-25-27-29-30-32-33-36-38-41-44-47-50-53-59(68)75-56-58(77-60(69)54-51-48-45-42-40-37-34-31-28-26-23-20-17-14-11-8-5-2)57-76-67-65(63(72)62(71)64(79-67)66(73)74)78-61(70)55-52-49-46-43-39-35-24-21-18-15-12-9-6-3/h7-8,10-11,16-17,19-20,25-28,30,32,34,37,58,62-65,67,71-72H,4-6,9,12-15,18,21-24,29,31,33,35-36,38-57H2,1-3H3,(H,73,74)/b10-7-,11-8-,19-16-,20-17-,27-25-,28-26-,32-30-,37-34-. The van der Waals surface area contributed by atoms with E-state index in [1.165, 1.54) is 51.4 Å². The maximum absolute atomic E-state index is 13.2. The number of aliphatic hydroxyl groups excluding tert-OH is 2. The molecule has 0 spiro atoms. The minimum absolute atomic E-state index is 0.0550. The molecule has 0 radical (unpaired) electrons. The van der Waals surface area contributed by atoms with Crippen LogP contribution >= 0.6 is 0 Å². The van der Waals surface area contributed by atoms with Gasteiger partial charge in [0.25, 0.3) is 0 Å². The van der Waals surface area contributed by atoms with Gasteiger partial charge in [0.1, 0.15) is 18.8 Å². The lowest BCUT2D eigenvalue weighted by atomic mass is 9.98. The molecule has 450 valence electrons. The Kier molecular flexibility index (Phi) is 49.9. The van der Waals surface area contributed by atoms with Crippen LogP contribution in [-0.2, 0) is 42.9 Å². The number of rotatable bonds is 52. The summed E-state index contributed by atoms with van der Waals surface area (Å²) < 4.78 is 28.5. The Morgan fingerprint density at radius 1 is 0.430 bits per heavy atom. The van der Waals surface area contributed by atoms with Crippen molar-refractivity contribution in [3.8, 4) is 0 Å². The summed E-state index contributed by atoms with van der Waals surface area (Å²) in [6, 6.07) is 0. The van der Waals surface area contributed by atoms with Crippen molar-refractivity contribution in [3.63, 3.8) is 0 Å². The van der Waals surface area contributed by atoms with E-state index >= 15 is 0 Å². The molecular formula is C67H110O12. The lowest BCUT2D eigenvalue weighted by molar-refractivity contribution is -0.301. The second kappa shape index (κ2) is 54.2. The average molecular weight is 1110 g/mol. The van der Waals surface area contributed by atoms with E-state index in [-0.39, 0.29) is 25.9 Å². The van der Waals surface area contributed by atoms with Gasteiger partial charge in [-0.1, -0.05) is 234 Å². The molecule has 0 amide bonds. The molecule has 1 fully saturated rings. The fourth-order valence-corrected chi connectivity index (χ4v) is 8.94. The number of carbonyl (C=O) groups excluding carboxylic acids is 3. The van der Waals surface area contributed by atoms with Gasteiger partial charge < -0.3 is 39.0 Å². The number of hydrogen-bond acceptors (Lipinski definition) is 11. The molecule has 6 atom stereocenters. The van der Waals surface area contributed by atoms with Crippen LogP contribution < -0.4 is 0 Å². The van der Waals surface area contributed by atoms with Crippen LogP contribution in [0.5, 0.6) is 0 Å². The highest BCUT2D eigenvalue weighted by Crippen LogP contribution is 2.26. The molecule has 1 saturated heterocycles. The maximum Gasteiger partial charge on any atom is 0.335 e. The molecule has 0 aliphatic carbocycles. The SMILES string of the molecule is CC/C=C\C/C=C\C/C=C\C/C=C\CCCCCCCCC(=O)OCC(COC1OC(C(=O)O)C(O)C(O)C1OC(=O)CCCCCCCCCCCCCCC)OC(=O)CCCCCC/C=C\C/C=C\C/C=C\C/C=C\CC. The topological polar surface area (TPSA) is 175 Å². The molecule has 0 aromatic heterocycles. The lowest BCUT2D eigenvalue weighted by Crippen LogP contribution is -2.61. The fraction of sp³-hybridized carbons (Fsp3) is 0.701. The molecule has 12 nitrogen and oxygen atoms in total. The summed E-state index contributed by atoms with van der Waals surface area (Å²) in [5, 5.41) is 31.5. The van der Waals surface area contributed by atoms with Crippen LogP contribution in [0.15, 0.2) is 97.2 Å². The van der Waals surface area contributed by atoms with E-state index in [4.69, 9.17) is 23.7 Å². The third-order valence-electron chi connectivity index (χ3n) is 13.7. The first-order valence-electron chi connectivity index (χ1n) is 31.2. The Bertz CT molecular complexity index is 1740. The number of esters is 3. The largest absolute Gasteiger partial charge is 0.479 e. The highest BCUT2D eigenvalue weighted by molar-refractivity contribution is 5.74. The predicted molar refractivity (Wildman–Crippen MR) is 321 cm³/mol. The van der Waals surface area contributed by atoms with Crippen LogP contribution in [0.1, 0.15) is 252 Å². The van der Waals surface area contributed by atoms with Crippen molar-refractivity contribution < 1.29 is 58.2 Å². The number of carboxylic acids is 1. The maximum atomic E-state index is 13.2. The monoisotopic (exact) mass is 1110 g/mol. The molecular weight excluding hydrogens is 997 g/mol. The summed E-state index contributed by atoms with van der Waals surface area (Å²) in [7, 11) is 0. The molecule has 6 unspecified atom stereocenters. The van der Waals surface area contributed by atoms with Crippen LogP contribution in [0.2, 0.25) is 0 Å². The Morgan fingerprint density at radius 2 is 0.797 bits per heavy atom. The van der Waals surface area contributed by atoms with E-state index in [0.717, 1.165) is 141 Å². The fourth-order valence-electron chi connectivity index (χ4n) is 8.94. The van der Waals surface area contributed by atoms with Crippen molar-refractivity contribution in [2.75, 3.05) is 13.2 Å². The Hall–Kier alpha value is -4.36. The van der Waals surface area contributed by atoms with Crippen molar-refractivity contribution in [2.24, 2.45) is 0 Å². The zero-order valence-electron chi connectivity index (χ0n) is 49.6. The first-order valence-corrected chi connectivity index (χ1v) is 31.2. The summed E-state index contributed by atoms with van der Waals surface area (Å²) >= 11 is 0. The van der Waals surface area contributed by atoms with E-state index < -0.39 is 67.3 Å². The van der Waals surface area contributed by atoms with Crippen molar-refractivity contribution in [1.82, 2.24) is 0 Å². The van der Waals surface area contributed by atoms with Crippen LogP contribution in [0.25, 0.3) is 0 Å². The van der Waals surface area contributed by atoms with E-state index in [2.05, 4.69) is 118 Å². The van der Waals surface area contributed by atoms with E-state index in [9.17, 15) is 34.5 Å². The summed E-state index contributed by atoms with van der Waals surface area (Å²) in [6.45, 7) is 5.74. The van der Waals surface area contributed by atoms with Gasteiger partial charge in [0.05, 0.1) is 6.61 Å². The number of carboxylic acid groups (broad SMARTS) is 1. The van der Waals surface area contributed by atoms with Gasteiger partial charge in [-0.3, -0.25) is 14.4 Å². The number of unbranched alkanes of at least 4 members (excludes halogenated alkanes) is 22. The number of ether oxygens (including phenoxy) is 5. The highest BCUT2D eigenvalue weighted by atomic mass is 16.7. The molecule has 0 aromatic rings. The zero-order chi connectivity index (χ0) is 57.5. The van der Waals surface area contributed by atoms with Crippen LogP contribution in [0.4, 0.5) is 0 Å². The highest BCUT2D eigenvalue weighted by Gasteiger charge is 2.50. The summed E-state index contributed by atoms with van der Waals surface area (Å²) in [6.07, 6.45) is 59.4. The number of aliphatic hydroxyl groups is 2. The molecule has 0 aromatic carbocycles. The van der Waals surface area contributed by atoms with E-state index in [0.29, 0.717) is 19.3 Å². The van der Waals surface area contributed by atoms with Crippen molar-refractivity contribution >= 4 is 23.9 Å². The van der Waals surface area contributed by atoms with Gasteiger partial charge in [0.15, 0.2) is 24.6 Å². The van der Waals surface area contributed by atoms with Gasteiger partial charge >= 0.3 is 23.9 Å². The van der Waals surface area contributed by atoms with Crippen molar-refractivity contribution in [2.45, 2.75) is 289 Å². The van der Waals surface area contributed by atoms with E-state index in [1.807, 2.05) is 0 Å². The molecule has 1 aliphatic heterocycles. The first kappa shape index (κ1) is 72.7. The van der Waals surface area contributed by atoms with Crippen molar-refractivity contribution in [3.05, 3.63) is 97.2 Å². The predicted octanol–water partition coefficient (Wildman–Crippen LogP) is 16.5. The Balaban J connectivity index is 2.70. The molecule has 12 heteroatoms. The average Bonchev–Trinajstić information content (AvgIpc) is 3.44. The smallest absolute Gasteiger partial charge is 0.335 e. The molecule has 1 heterocycles. The molecule has 79 heavy (non-hydrogen) atoms. The number of carbonyl (C=O) groups is 4. The minimum atomic E-state index is -1.91. The first-order chi connectivity index (χ1) is 38.6. The molecule has 1 aliphatic rings. The summed E-state index contributed by atoms with van der Waals surface area (Å²) in [5.41, 5.74) is 0. The molecule has 1 rings (SSSR count). The van der Waals surface area contributed by atoms with Crippen LogP contribution in [0.3, 0.4) is 0 Å². The normalized spacial score (nSPS) is 18.5. The van der Waals surface area contributed by atoms with Crippen LogP contribution in [-0.4, -0.2) is 89.2 Å². The second-order valence-corrected chi connectivity index (χ2v) is 20.9. The third-order valence-corrected chi connectivity index (χ3v) is 13.7. The van der Waals surface area contributed by atoms with E-state index in [1.54, 1.807) is 0 Å². The van der Waals surface area contributed by atoms with Gasteiger partial charge in [-0.15, -0.1) is 0 Å². The number of allylic oxidation sites excluding steroid dienone is 16. The van der Waals surface area contributed by atoms with Gasteiger partial charge in [0, 0.05) is 19.3 Å². The summed E-state index contributed by atoms with van der Waals surface area (Å²) in [5.74, 6) is -3.17. The minimum Gasteiger partial charge on any atom is -0.479 e. The van der Waals surface area contributed by atoms with Crippen LogP contribution in [0, 0.1) is 0 Å². The van der Waals surface area contributed by atoms with Gasteiger partial charge in [0.2, 0.25) is 0 Å². The van der Waals surface area contributed by atoms with Gasteiger partial charge in [-0.25, -0.2) is 4.79 Å². The quantitative estimate of drug-likeness (QED) is 0.0228. The van der Waals surface area contributed by atoms with Crippen molar-refractivity contribution in [1.29, 1.82) is 0 Å². The van der Waals surface area contributed by atoms with Gasteiger partial charge in [-0.05, 0) is 96.3 Å². The Labute approximate surface area is 479 Å². The van der Waals surface area contributed by atoms with Gasteiger partial charge in [-0.2, -0.15) is 0 Å². The number of hydrogen-bond donors (Lipinski definition) is 3. The third kappa shape index (κ3) is 44.0. The lowest BCUT2D eigenvalue weighted by Gasteiger charge is -2.40. The summed E-state index contributed by atoms with van der Waals surface area (Å²) in [4.78, 5) is 51.2. The molecule has 0 bridgehead atoms. The molecule has 0 saturated carbocycles.